The number of nitrogens with one attached hydrogen (secondary N) is 2. The molecule has 5 atom stereocenters. The molecule has 210 valence electrons. The van der Waals surface area contributed by atoms with Gasteiger partial charge >= 0.3 is 5.97 Å². The van der Waals surface area contributed by atoms with Crippen molar-refractivity contribution in [3.8, 4) is 0 Å². The summed E-state index contributed by atoms with van der Waals surface area (Å²) in [6, 6.07) is -4.49. The fourth-order valence-corrected chi connectivity index (χ4v) is 3.84. The number of nitrogens with zero attached hydrogens (tertiary/aromatic N) is 3. The lowest BCUT2D eigenvalue weighted by molar-refractivity contribution is -0.144. The van der Waals surface area contributed by atoms with Crippen LogP contribution >= 0.6 is 0 Å². The molecule has 1 saturated heterocycles. The SMILES string of the molecule is C[C@@H](O)[C@H](NC(=O)[C@@H]1CCCN1C(=O)[C@@H](N)CCCN=C(N)N)C(=O)N[C@@H](CCCN=C(N)N)C(=O)O. The monoisotopic (exact) mass is 528 g/mol. The number of carboxylic acids is 1. The smallest absolute Gasteiger partial charge is 0.326 e. The van der Waals surface area contributed by atoms with Gasteiger partial charge in [-0.1, -0.05) is 0 Å². The molecule has 0 radical (unpaired) electrons. The van der Waals surface area contributed by atoms with Crippen molar-refractivity contribution in [2.45, 2.75) is 75.7 Å². The Balaban J connectivity index is 2.78. The Morgan fingerprint density at radius 2 is 1.57 bits per heavy atom. The van der Waals surface area contributed by atoms with Crippen molar-refractivity contribution >= 4 is 35.6 Å². The largest absolute Gasteiger partial charge is 0.480 e. The minimum absolute atomic E-state index is 0.0182. The van der Waals surface area contributed by atoms with E-state index in [4.69, 9.17) is 28.7 Å². The van der Waals surface area contributed by atoms with E-state index in [9.17, 15) is 29.4 Å². The molecule has 16 nitrogen and oxygen atoms in total. The minimum atomic E-state index is -1.45. The number of hydrogen-bond donors (Lipinski definition) is 9. The van der Waals surface area contributed by atoms with Crippen molar-refractivity contribution in [1.82, 2.24) is 15.5 Å². The van der Waals surface area contributed by atoms with Gasteiger partial charge < -0.3 is 54.4 Å². The van der Waals surface area contributed by atoms with Crippen LogP contribution in [0.1, 0.15) is 45.4 Å². The maximum absolute atomic E-state index is 13.0. The van der Waals surface area contributed by atoms with Crippen LogP contribution in [0.2, 0.25) is 0 Å². The molecule has 1 aliphatic heterocycles. The van der Waals surface area contributed by atoms with Crippen molar-refractivity contribution in [1.29, 1.82) is 0 Å². The summed E-state index contributed by atoms with van der Waals surface area (Å²) >= 11 is 0. The van der Waals surface area contributed by atoms with Crippen molar-refractivity contribution in [3.05, 3.63) is 0 Å². The van der Waals surface area contributed by atoms with Crippen LogP contribution in [0.15, 0.2) is 9.98 Å². The molecule has 0 spiro atoms. The third-order valence-corrected chi connectivity index (χ3v) is 5.75. The van der Waals surface area contributed by atoms with Crippen molar-refractivity contribution < 1.29 is 29.4 Å². The summed E-state index contributed by atoms with van der Waals surface area (Å²) in [6.45, 7) is 2.06. The van der Waals surface area contributed by atoms with Gasteiger partial charge in [0, 0.05) is 19.6 Å². The zero-order valence-electron chi connectivity index (χ0n) is 21.0. The molecule has 1 heterocycles. The topological polar surface area (TPSA) is 291 Å². The number of carboxylic acid groups (broad SMARTS) is 1. The number of aliphatic hydroxyl groups is 1. The Hall–Kier alpha value is -3.66. The first kappa shape index (κ1) is 31.4. The van der Waals surface area contributed by atoms with Gasteiger partial charge in [-0.2, -0.15) is 0 Å². The van der Waals surface area contributed by atoms with E-state index in [2.05, 4.69) is 20.6 Å². The highest BCUT2D eigenvalue weighted by molar-refractivity contribution is 5.94. The highest BCUT2D eigenvalue weighted by atomic mass is 16.4. The van der Waals surface area contributed by atoms with Crippen LogP contribution in [0.4, 0.5) is 0 Å². The van der Waals surface area contributed by atoms with Crippen molar-refractivity contribution in [2.75, 3.05) is 19.6 Å². The standard InChI is InChI=1S/C21H40N10O6/c1-11(32)15(17(34)29-13(19(36)37)6-3-9-28-21(25)26)30-16(33)14-7-4-10-31(14)18(35)12(22)5-2-8-27-20(23)24/h11-15,32H,2-10,22H2,1H3,(H,29,34)(H,30,33)(H,36,37)(H4,23,24,27)(H4,25,26,28)/t11-,12+,13+,14+,15+/m1/s1. The molecular formula is C21H40N10O6. The highest BCUT2D eigenvalue weighted by Crippen LogP contribution is 2.19. The van der Waals surface area contributed by atoms with Crippen LogP contribution in [0.25, 0.3) is 0 Å². The van der Waals surface area contributed by atoms with Crippen LogP contribution in [0.5, 0.6) is 0 Å². The molecule has 3 amide bonds. The average molecular weight is 529 g/mol. The van der Waals surface area contributed by atoms with E-state index in [-0.39, 0.29) is 31.3 Å². The summed E-state index contributed by atoms with van der Waals surface area (Å²) in [5.41, 5.74) is 27.0. The van der Waals surface area contributed by atoms with E-state index < -0.39 is 54.0 Å². The Labute approximate surface area is 215 Å². The molecule has 37 heavy (non-hydrogen) atoms. The van der Waals surface area contributed by atoms with Crippen LogP contribution < -0.4 is 39.3 Å². The third-order valence-electron chi connectivity index (χ3n) is 5.75. The van der Waals surface area contributed by atoms with Gasteiger partial charge in [0.25, 0.3) is 0 Å². The molecule has 1 rings (SSSR count). The number of carbonyl (C=O) groups is 4. The number of hydrogen-bond acceptors (Lipinski definition) is 8. The predicted octanol–water partition coefficient (Wildman–Crippen LogP) is -4.15. The van der Waals surface area contributed by atoms with Crippen LogP contribution in [0.3, 0.4) is 0 Å². The molecule has 0 aromatic heterocycles. The van der Waals surface area contributed by atoms with Gasteiger partial charge in [-0.25, -0.2) is 4.79 Å². The molecular weight excluding hydrogens is 488 g/mol. The zero-order chi connectivity index (χ0) is 28.1. The zero-order valence-corrected chi connectivity index (χ0v) is 21.0. The number of nitrogens with two attached hydrogens (primary N) is 5. The summed E-state index contributed by atoms with van der Waals surface area (Å²) in [6.07, 6.45) is 0.608. The molecule has 0 aromatic rings. The van der Waals surface area contributed by atoms with Crippen LogP contribution in [-0.2, 0) is 19.2 Å². The molecule has 0 bridgehead atoms. The van der Waals surface area contributed by atoms with E-state index in [1.807, 2.05) is 0 Å². The molecule has 1 fully saturated rings. The van der Waals surface area contributed by atoms with E-state index in [0.29, 0.717) is 38.8 Å². The molecule has 16 heteroatoms. The maximum Gasteiger partial charge on any atom is 0.326 e. The second kappa shape index (κ2) is 15.5. The lowest BCUT2D eigenvalue weighted by atomic mass is 10.1. The maximum atomic E-state index is 13.0. The Morgan fingerprint density at radius 1 is 1.00 bits per heavy atom. The number of rotatable bonds is 15. The highest BCUT2D eigenvalue weighted by Gasteiger charge is 2.38. The van der Waals surface area contributed by atoms with Gasteiger partial charge in [0.1, 0.15) is 18.1 Å². The van der Waals surface area contributed by atoms with Crippen LogP contribution in [0, 0.1) is 0 Å². The normalized spacial score (nSPS) is 18.1. The predicted molar refractivity (Wildman–Crippen MR) is 136 cm³/mol. The summed E-state index contributed by atoms with van der Waals surface area (Å²) < 4.78 is 0. The number of aliphatic hydroxyl groups excluding tert-OH is 1. The number of aliphatic imine (C=N–C) groups is 2. The molecule has 1 aliphatic rings. The molecule has 0 aromatic carbocycles. The first-order valence-electron chi connectivity index (χ1n) is 12.0. The van der Waals surface area contributed by atoms with Gasteiger partial charge in [0.15, 0.2) is 11.9 Å². The van der Waals surface area contributed by atoms with Crippen LogP contribution in [-0.4, -0.2) is 101 Å². The number of carbonyl (C=O) groups excluding carboxylic acids is 3. The summed E-state index contributed by atoms with van der Waals surface area (Å²) in [4.78, 5) is 59.1. The van der Waals surface area contributed by atoms with E-state index in [1.165, 1.54) is 11.8 Å². The van der Waals surface area contributed by atoms with Gasteiger partial charge in [-0.15, -0.1) is 0 Å². The summed E-state index contributed by atoms with van der Waals surface area (Å²) in [5.74, 6) is -3.46. The Morgan fingerprint density at radius 3 is 2.08 bits per heavy atom. The number of amides is 3. The summed E-state index contributed by atoms with van der Waals surface area (Å²) in [7, 11) is 0. The molecule has 0 aliphatic carbocycles. The molecule has 0 unspecified atom stereocenters. The quantitative estimate of drug-likeness (QED) is 0.0558. The fraction of sp³-hybridized carbons (Fsp3) is 0.714. The average Bonchev–Trinajstić information content (AvgIpc) is 3.30. The third kappa shape index (κ3) is 10.9. The number of likely N-dealkylation sites (tertiary alicyclic amines) is 1. The number of guanidine groups is 2. The van der Waals surface area contributed by atoms with Gasteiger partial charge in [0.05, 0.1) is 12.1 Å². The fourth-order valence-electron chi connectivity index (χ4n) is 3.84. The first-order chi connectivity index (χ1) is 17.3. The Kier molecular flexibility index (Phi) is 13.1. The van der Waals surface area contributed by atoms with E-state index >= 15 is 0 Å². The second-order valence-electron chi connectivity index (χ2n) is 8.82. The van der Waals surface area contributed by atoms with Gasteiger partial charge in [-0.05, 0) is 45.4 Å². The summed E-state index contributed by atoms with van der Waals surface area (Å²) in [5, 5.41) is 24.3. The van der Waals surface area contributed by atoms with Crippen molar-refractivity contribution in [2.24, 2.45) is 38.7 Å². The Bertz CT molecular complexity index is 857. The molecule has 0 saturated carbocycles. The van der Waals surface area contributed by atoms with E-state index in [1.54, 1.807) is 0 Å². The second-order valence-corrected chi connectivity index (χ2v) is 8.82. The first-order valence-corrected chi connectivity index (χ1v) is 12.0. The lowest BCUT2D eigenvalue weighted by Crippen LogP contribution is -2.59. The molecule has 14 N–H and O–H groups in total. The van der Waals surface area contributed by atoms with Gasteiger partial charge in [-0.3, -0.25) is 24.4 Å². The van der Waals surface area contributed by atoms with Gasteiger partial charge in [0.2, 0.25) is 17.7 Å². The van der Waals surface area contributed by atoms with Crippen molar-refractivity contribution in [3.63, 3.8) is 0 Å². The lowest BCUT2D eigenvalue weighted by Gasteiger charge is -2.29. The number of aliphatic carboxylic acids is 1. The minimum Gasteiger partial charge on any atom is -0.480 e. The van der Waals surface area contributed by atoms with E-state index in [0.717, 1.165) is 0 Å².